The predicted octanol–water partition coefficient (Wildman–Crippen LogP) is -0.209. The molecule has 0 amide bonds. The van der Waals surface area contributed by atoms with Crippen LogP contribution in [-0.2, 0) is 0 Å². The van der Waals surface area contributed by atoms with Crippen LogP contribution in [-0.4, -0.2) is 13.6 Å². The van der Waals surface area contributed by atoms with Crippen molar-refractivity contribution >= 4 is 0 Å². The third-order valence-corrected chi connectivity index (χ3v) is 0.666. The normalized spacial score (nSPS) is 8.25. The van der Waals surface area contributed by atoms with Crippen LogP contribution in [0.2, 0.25) is 0 Å². The average molecular weight is 115 g/mol. The summed E-state index contributed by atoms with van der Waals surface area (Å²) in [4.78, 5) is 0. The van der Waals surface area contributed by atoms with Gasteiger partial charge in [-0.05, 0) is 6.92 Å². The minimum absolute atomic E-state index is 0.801. The third-order valence-electron chi connectivity index (χ3n) is 0.666. The van der Waals surface area contributed by atoms with Gasteiger partial charge in [-0.25, -0.2) is 5.43 Å². The molecule has 48 valence electrons. The molecule has 8 heavy (non-hydrogen) atoms. The number of rotatable bonds is 4. The van der Waals surface area contributed by atoms with Crippen LogP contribution in [0.25, 0.3) is 0 Å². The second-order valence-electron chi connectivity index (χ2n) is 1.38. The molecule has 0 aliphatic carbocycles. The van der Waals surface area contributed by atoms with Crippen LogP contribution >= 0.6 is 0 Å². The quantitative estimate of drug-likeness (QED) is 0.444. The number of hydrogen-bond donors (Lipinski definition) is 3. The Balaban J connectivity index is 3.06. The molecular formula is C5H13N3. The van der Waals surface area contributed by atoms with Crippen LogP contribution in [0.5, 0.6) is 0 Å². The van der Waals surface area contributed by atoms with Gasteiger partial charge in [0.1, 0.15) is 5.82 Å². The molecule has 0 aromatic heterocycles. The summed E-state index contributed by atoms with van der Waals surface area (Å²) in [7, 11) is 1.79. The lowest BCUT2D eigenvalue weighted by Gasteiger charge is -2.07. The van der Waals surface area contributed by atoms with Crippen LogP contribution in [0.4, 0.5) is 0 Å². The first kappa shape index (κ1) is 7.30. The van der Waals surface area contributed by atoms with Crippen LogP contribution in [0, 0.1) is 0 Å². The van der Waals surface area contributed by atoms with Gasteiger partial charge in [-0.3, -0.25) is 0 Å². The average Bonchev–Trinajstić information content (AvgIpc) is 1.68. The van der Waals surface area contributed by atoms with E-state index in [-0.39, 0.29) is 0 Å². The lowest BCUT2D eigenvalue weighted by atomic mass is 10.7. The van der Waals surface area contributed by atoms with Gasteiger partial charge in [0.05, 0.1) is 0 Å². The highest BCUT2D eigenvalue weighted by Crippen LogP contribution is 1.67. The largest absolute Gasteiger partial charge is 0.372 e. The van der Waals surface area contributed by atoms with Crippen molar-refractivity contribution in [1.29, 1.82) is 0 Å². The minimum atomic E-state index is 0.801. The molecule has 0 rings (SSSR count). The molecule has 0 spiro atoms. The molecule has 0 heterocycles. The van der Waals surface area contributed by atoms with E-state index in [1.807, 2.05) is 6.92 Å². The Morgan fingerprint density at radius 3 is 2.62 bits per heavy atom. The Morgan fingerprint density at radius 1 is 1.62 bits per heavy atom. The van der Waals surface area contributed by atoms with Gasteiger partial charge in [0.15, 0.2) is 0 Å². The van der Waals surface area contributed by atoms with Crippen molar-refractivity contribution < 1.29 is 0 Å². The van der Waals surface area contributed by atoms with Gasteiger partial charge in [0.2, 0.25) is 0 Å². The van der Waals surface area contributed by atoms with Crippen molar-refractivity contribution in [2.24, 2.45) is 0 Å². The molecule has 3 N–H and O–H groups in total. The van der Waals surface area contributed by atoms with Gasteiger partial charge in [0, 0.05) is 13.6 Å². The van der Waals surface area contributed by atoms with Crippen molar-refractivity contribution in [2.75, 3.05) is 13.6 Å². The highest BCUT2D eigenvalue weighted by molar-refractivity contribution is 4.84. The van der Waals surface area contributed by atoms with Crippen molar-refractivity contribution in [3.63, 3.8) is 0 Å². The van der Waals surface area contributed by atoms with Crippen molar-refractivity contribution in [3.05, 3.63) is 12.4 Å². The summed E-state index contributed by atoms with van der Waals surface area (Å²) < 4.78 is 0. The maximum atomic E-state index is 3.65. The van der Waals surface area contributed by atoms with Gasteiger partial charge in [0.25, 0.3) is 0 Å². The summed E-state index contributed by atoms with van der Waals surface area (Å²) in [6.45, 7) is 6.56. The van der Waals surface area contributed by atoms with E-state index in [4.69, 9.17) is 0 Å². The van der Waals surface area contributed by atoms with Gasteiger partial charge in [-0.1, -0.05) is 6.58 Å². The van der Waals surface area contributed by atoms with Crippen LogP contribution in [0.1, 0.15) is 6.92 Å². The smallest absolute Gasteiger partial charge is 0.106 e. The lowest BCUT2D eigenvalue weighted by molar-refractivity contribution is 0.628. The molecular weight excluding hydrogens is 102 g/mol. The minimum Gasteiger partial charge on any atom is -0.372 e. The Kier molecular flexibility index (Phi) is 4.07. The molecule has 0 aliphatic rings. The zero-order valence-electron chi connectivity index (χ0n) is 5.41. The fourth-order valence-corrected chi connectivity index (χ4v) is 0.408. The van der Waals surface area contributed by atoms with Crippen molar-refractivity contribution in [1.82, 2.24) is 16.2 Å². The molecule has 0 fully saturated rings. The molecule has 3 heteroatoms. The van der Waals surface area contributed by atoms with E-state index < -0.39 is 0 Å². The lowest BCUT2D eigenvalue weighted by Crippen LogP contribution is -2.33. The summed E-state index contributed by atoms with van der Waals surface area (Å²) in [5.41, 5.74) is 5.53. The molecule has 0 saturated heterocycles. The van der Waals surface area contributed by atoms with Crippen LogP contribution in [0.15, 0.2) is 12.4 Å². The summed E-state index contributed by atoms with van der Waals surface area (Å²) in [6.07, 6.45) is 0. The predicted molar refractivity (Wildman–Crippen MR) is 35.0 cm³/mol. The Bertz CT molecular complexity index is 62.1. The molecule has 0 radical (unpaired) electrons. The summed E-state index contributed by atoms with van der Waals surface area (Å²) in [5.74, 6) is 0.801. The number of nitrogens with one attached hydrogen (secondary N) is 3. The highest BCUT2D eigenvalue weighted by atomic mass is 15.4. The molecule has 0 bridgehead atoms. The maximum Gasteiger partial charge on any atom is 0.106 e. The summed E-state index contributed by atoms with van der Waals surface area (Å²) in [6, 6.07) is 0. The zero-order chi connectivity index (χ0) is 6.41. The first-order valence-electron chi connectivity index (χ1n) is 2.66. The molecule has 0 atom stereocenters. The first-order valence-corrected chi connectivity index (χ1v) is 2.66. The van der Waals surface area contributed by atoms with E-state index in [1.165, 1.54) is 0 Å². The van der Waals surface area contributed by atoms with Gasteiger partial charge < -0.3 is 10.7 Å². The van der Waals surface area contributed by atoms with Crippen LogP contribution < -0.4 is 16.2 Å². The molecule has 0 unspecified atom stereocenters. The van der Waals surface area contributed by atoms with Gasteiger partial charge in [-0.2, -0.15) is 0 Å². The standard InChI is InChI=1S/C5H13N3/c1-4-7-5(2)8-6-3/h6-8H,2,4H2,1,3H3. The van der Waals surface area contributed by atoms with E-state index in [0.717, 1.165) is 12.4 Å². The number of hydrazine groups is 1. The summed E-state index contributed by atoms with van der Waals surface area (Å²) in [5, 5.41) is 2.98. The van der Waals surface area contributed by atoms with Crippen molar-refractivity contribution in [2.45, 2.75) is 6.92 Å². The topological polar surface area (TPSA) is 36.1 Å². The molecule has 0 aromatic carbocycles. The first-order chi connectivity index (χ1) is 3.81. The van der Waals surface area contributed by atoms with E-state index in [1.54, 1.807) is 7.05 Å². The third kappa shape index (κ3) is 3.49. The van der Waals surface area contributed by atoms with Crippen molar-refractivity contribution in [3.8, 4) is 0 Å². The Hall–Kier alpha value is -0.700. The fraction of sp³-hybridized carbons (Fsp3) is 0.600. The molecule has 0 aliphatic heterocycles. The van der Waals surface area contributed by atoms with E-state index in [2.05, 4.69) is 22.7 Å². The monoisotopic (exact) mass is 115 g/mol. The summed E-state index contributed by atoms with van der Waals surface area (Å²) >= 11 is 0. The van der Waals surface area contributed by atoms with E-state index in [9.17, 15) is 0 Å². The molecule has 0 saturated carbocycles. The SMILES string of the molecule is C=C(NCC)NNC. The zero-order valence-corrected chi connectivity index (χ0v) is 5.41. The second-order valence-corrected chi connectivity index (χ2v) is 1.38. The van der Waals surface area contributed by atoms with Crippen LogP contribution in [0.3, 0.4) is 0 Å². The fourth-order valence-electron chi connectivity index (χ4n) is 0.408. The maximum absolute atomic E-state index is 3.65. The molecule has 0 aromatic rings. The Labute approximate surface area is 50.1 Å². The highest BCUT2D eigenvalue weighted by Gasteiger charge is 1.80. The van der Waals surface area contributed by atoms with Gasteiger partial charge >= 0.3 is 0 Å². The second kappa shape index (κ2) is 4.46. The van der Waals surface area contributed by atoms with E-state index in [0.29, 0.717) is 0 Å². The number of hydrogen-bond acceptors (Lipinski definition) is 3. The Morgan fingerprint density at radius 2 is 2.25 bits per heavy atom. The van der Waals surface area contributed by atoms with E-state index >= 15 is 0 Å². The molecule has 3 nitrogen and oxygen atoms in total. The van der Waals surface area contributed by atoms with Gasteiger partial charge in [-0.15, -0.1) is 0 Å².